The summed E-state index contributed by atoms with van der Waals surface area (Å²) in [6.07, 6.45) is 0.272. The molecule has 0 bridgehead atoms. The van der Waals surface area contributed by atoms with Crippen molar-refractivity contribution in [2.24, 2.45) is 0 Å². The minimum absolute atomic E-state index is 0. The van der Waals surface area contributed by atoms with Gasteiger partial charge >= 0.3 is 41.5 Å². The van der Waals surface area contributed by atoms with E-state index in [0.29, 0.717) is 6.54 Å². The van der Waals surface area contributed by atoms with Crippen molar-refractivity contribution in [3.05, 3.63) is 34.9 Å². The Kier molecular flexibility index (Phi) is 8.98. The van der Waals surface area contributed by atoms with Crippen molar-refractivity contribution in [1.29, 1.82) is 0 Å². The zero-order valence-corrected chi connectivity index (χ0v) is 19.5. The number of carboxylic acid groups (broad SMARTS) is 2. The van der Waals surface area contributed by atoms with Crippen LogP contribution in [0.4, 0.5) is 0 Å². The second-order valence-corrected chi connectivity index (χ2v) is 6.65. The molecule has 0 aliphatic carbocycles. The number of methoxy groups -OCH3 is 2. The summed E-state index contributed by atoms with van der Waals surface area (Å²) in [5.41, 5.74) is -1.68. The zero-order valence-electron chi connectivity index (χ0n) is 17.5. The van der Waals surface area contributed by atoms with Gasteiger partial charge in [0, 0.05) is 6.42 Å². The number of carboxylic acids is 2. The monoisotopic (exact) mass is 427 g/mol. The van der Waals surface area contributed by atoms with Gasteiger partial charge in [0.2, 0.25) is 0 Å². The summed E-state index contributed by atoms with van der Waals surface area (Å²) < 4.78 is 10.1. The van der Waals surface area contributed by atoms with Crippen molar-refractivity contribution in [3.8, 4) is 34.1 Å². The van der Waals surface area contributed by atoms with Crippen LogP contribution in [-0.2, 0) is 6.42 Å². The molecule has 0 aliphatic heterocycles. The van der Waals surface area contributed by atoms with E-state index in [1.807, 2.05) is 14.1 Å². The minimum atomic E-state index is -1.47. The summed E-state index contributed by atoms with van der Waals surface area (Å²) in [4.78, 5) is 24.9. The molecule has 0 aromatic heterocycles. The molecule has 0 saturated carbocycles. The van der Waals surface area contributed by atoms with Crippen LogP contribution in [0.15, 0.2) is 18.2 Å². The minimum Gasteiger partial charge on any atom is -0.870 e. The van der Waals surface area contributed by atoms with E-state index in [1.165, 1.54) is 20.3 Å². The van der Waals surface area contributed by atoms with E-state index in [4.69, 9.17) is 9.47 Å². The van der Waals surface area contributed by atoms with E-state index in [-0.39, 0.29) is 53.0 Å². The average molecular weight is 427 g/mol. The molecule has 0 unspecified atom stereocenters. The molecule has 2 aromatic rings. The molecule has 9 nitrogen and oxygen atoms in total. The largest absolute Gasteiger partial charge is 1.00 e. The number of nitrogens with one attached hydrogen (secondary N) is 1. The number of aromatic carboxylic acids is 2. The topological polar surface area (TPSA) is 144 Å². The first-order valence-corrected chi connectivity index (χ1v) is 8.68. The number of carbonyl (C=O) groups is 2. The molecule has 2 rings (SSSR count). The normalized spacial score (nSPS) is 10.4. The van der Waals surface area contributed by atoms with Crippen molar-refractivity contribution in [1.82, 2.24) is 0 Å². The van der Waals surface area contributed by atoms with E-state index in [1.54, 1.807) is 0 Å². The molecule has 0 saturated heterocycles. The molecular weight excluding hydrogens is 405 g/mol. The first-order chi connectivity index (χ1) is 13.6. The van der Waals surface area contributed by atoms with E-state index >= 15 is 0 Å². The number of hydrogen-bond donors (Lipinski definition) is 3. The van der Waals surface area contributed by atoms with Crippen LogP contribution in [-0.4, -0.2) is 57.0 Å². The first kappa shape index (κ1) is 25.6. The van der Waals surface area contributed by atoms with Crippen LogP contribution in [0, 0.1) is 0 Å². The summed E-state index contributed by atoms with van der Waals surface area (Å²) >= 11 is 0. The maximum Gasteiger partial charge on any atom is 1.00 e. The molecular formula is C20H22NNaO8. The molecule has 2 aromatic carbocycles. The van der Waals surface area contributed by atoms with Gasteiger partial charge in [-0.1, -0.05) is 11.5 Å². The number of quaternary nitrogens is 1. The van der Waals surface area contributed by atoms with Gasteiger partial charge in [-0.05, 0) is 34.9 Å². The Morgan fingerprint density at radius 2 is 1.53 bits per heavy atom. The average Bonchev–Trinajstić information content (AvgIpc) is 2.66. The van der Waals surface area contributed by atoms with Gasteiger partial charge in [-0.25, -0.2) is 9.59 Å². The molecule has 0 heterocycles. The van der Waals surface area contributed by atoms with E-state index in [9.17, 15) is 30.0 Å². The summed E-state index contributed by atoms with van der Waals surface area (Å²) in [7, 11) is 6.21. The summed E-state index contributed by atoms with van der Waals surface area (Å²) in [5.74, 6) is -5.06. The van der Waals surface area contributed by atoms with E-state index in [0.717, 1.165) is 17.0 Å². The molecule has 0 radical (unpaired) electrons. The second kappa shape index (κ2) is 10.5. The quantitative estimate of drug-likeness (QED) is 0.370. The maximum absolute atomic E-state index is 13.0. The number of hydrogen-bond acceptors (Lipinski definition) is 6. The molecule has 0 fully saturated rings. The van der Waals surface area contributed by atoms with Gasteiger partial charge in [0.1, 0.15) is 11.5 Å². The Morgan fingerprint density at radius 1 is 0.967 bits per heavy atom. The Labute approximate surface area is 195 Å². The van der Waals surface area contributed by atoms with Gasteiger partial charge < -0.3 is 34.8 Å². The molecule has 3 N–H and O–H groups in total. The fourth-order valence-electron chi connectivity index (χ4n) is 3.06. The number of benzene rings is 2. The molecule has 0 atom stereocenters. The first-order valence-electron chi connectivity index (χ1n) is 8.68. The SMILES string of the molecule is COc1ccc(C(=O)O)c(-c2c([O-])c(OC)cc(CC[NH+](C)C)c2C(=O)O)c1[O-].[Na+]. The van der Waals surface area contributed by atoms with Crippen LogP contribution in [0.2, 0.25) is 0 Å². The summed E-state index contributed by atoms with van der Waals surface area (Å²) in [5, 5.41) is 45.2. The van der Waals surface area contributed by atoms with Crippen molar-refractivity contribution >= 4 is 11.9 Å². The molecule has 30 heavy (non-hydrogen) atoms. The maximum atomic E-state index is 13.0. The summed E-state index contributed by atoms with van der Waals surface area (Å²) in [6, 6.07) is 3.59. The third-order valence-electron chi connectivity index (χ3n) is 4.48. The third kappa shape index (κ3) is 4.99. The zero-order chi connectivity index (χ0) is 21.9. The van der Waals surface area contributed by atoms with Gasteiger partial charge in [-0.2, -0.15) is 0 Å². The van der Waals surface area contributed by atoms with E-state index < -0.39 is 45.7 Å². The van der Waals surface area contributed by atoms with Crippen molar-refractivity contribution in [2.75, 3.05) is 34.9 Å². The molecule has 0 spiro atoms. The smallest absolute Gasteiger partial charge is 0.870 e. The van der Waals surface area contributed by atoms with Gasteiger partial charge in [0.15, 0.2) is 0 Å². The number of ether oxygens (including phenoxy) is 2. The predicted molar refractivity (Wildman–Crippen MR) is 99.2 cm³/mol. The van der Waals surface area contributed by atoms with Gasteiger partial charge in [0.05, 0.1) is 46.0 Å². The predicted octanol–water partition coefficient (Wildman–Crippen LogP) is -3.39. The van der Waals surface area contributed by atoms with Crippen molar-refractivity contribution < 1.29 is 73.9 Å². The van der Waals surface area contributed by atoms with Crippen molar-refractivity contribution in [2.45, 2.75) is 6.42 Å². The standard InChI is InChI=1S/C20H23NO8.Na/c1-21(2)8-7-10-9-13(29-4)18(23)16(14(10)20(26)27)15-11(19(24)25)5-6-12(28-3)17(15)22;/h5-6,9,22-23H,7-8H2,1-4H3,(H,24,25)(H,26,27);/q;+1/p-1. The Balaban J connectivity index is 0.00000450. The summed E-state index contributed by atoms with van der Waals surface area (Å²) in [6.45, 7) is 0.537. The van der Waals surface area contributed by atoms with Crippen LogP contribution >= 0.6 is 0 Å². The Hall–Kier alpha value is -2.46. The fourth-order valence-corrected chi connectivity index (χ4v) is 3.06. The number of likely N-dealkylation sites (N-methyl/N-ethyl adjacent to an activating group) is 1. The van der Waals surface area contributed by atoms with Crippen LogP contribution in [0.1, 0.15) is 26.3 Å². The Bertz CT molecular complexity index is 959. The molecule has 10 heteroatoms. The molecule has 0 aliphatic rings. The van der Waals surface area contributed by atoms with Crippen LogP contribution in [0.5, 0.6) is 23.0 Å². The number of rotatable bonds is 8. The van der Waals surface area contributed by atoms with Gasteiger partial charge in [0.25, 0.3) is 0 Å². The van der Waals surface area contributed by atoms with Gasteiger partial charge in [-0.3, -0.25) is 0 Å². The third-order valence-corrected chi connectivity index (χ3v) is 4.48. The fraction of sp³-hybridized carbons (Fsp3) is 0.300. The second-order valence-electron chi connectivity index (χ2n) is 6.65. The van der Waals surface area contributed by atoms with Crippen LogP contribution in [0.25, 0.3) is 11.1 Å². The van der Waals surface area contributed by atoms with Crippen LogP contribution in [0.3, 0.4) is 0 Å². The van der Waals surface area contributed by atoms with E-state index in [2.05, 4.69) is 0 Å². The van der Waals surface area contributed by atoms with Gasteiger partial charge in [-0.15, -0.1) is 0 Å². The van der Waals surface area contributed by atoms with Crippen molar-refractivity contribution in [3.63, 3.8) is 0 Å². The molecule has 156 valence electrons. The van der Waals surface area contributed by atoms with Crippen LogP contribution < -0.4 is 54.1 Å². The molecule has 0 amide bonds. The Morgan fingerprint density at radius 3 is 2.00 bits per heavy atom.